The third-order valence-corrected chi connectivity index (χ3v) is 4.27. The molecule has 2 nitrogen and oxygen atoms in total. The molecule has 0 bridgehead atoms. The Morgan fingerprint density at radius 3 is 2.36 bits per heavy atom. The first-order chi connectivity index (χ1) is 11.7. The minimum Gasteiger partial charge on any atom is -1.00 e. The van der Waals surface area contributed by atoms with E-state index in [1.165, 1.54) is 35.0 Å². The maximum absolute atomic E-state index is 13.0. The van der Waals surface area contributed by atoms with Gasteiger partial charge in [0.1, 0.15) is 5.82 Å². The molecule has 3 aromatic carbocycles. The number of carbonyl (C=O) groups excluding carboxylic acids is 1. The van der Waals surface area contributed by atoms with Crippen molar-refractivity contribution < 1.29 is 30.7 Å². The first kappa shape index (κ1) is 17.2. The van der Waals surface area contributed by atoms with E-state index in [2.05, 4.69) is 24.3 Å². The van der Waals surface area contributed by atoms with Crippen molar-refractivity contribution in [2.24, 2.45) is 0 Å². The lowest BCUT2D eigenvalue weighted by Gasteiger charge is -2.04. The highest BCUT2D eigenvalue weighted by atomic mass is 79.9. The van der Waals surface area contributed by atoms with Crippen LogP contribution in [0.2, 0.25) is 0 Å². The van der Waals surface area contributed by atoms with Gasteiger partial charge in [0.2, 0.25) is 17.8 Å². The summed E-state index contributed by atoms with van der Waals surface area (Å²) in [4.78, 5) is 12.5. The summed E-state index contributed by atoms with van der Waals surface area (Å²) in [5, 5.41) is 3.45. The van der Waals surface area contributed by atoms with E-state index in [4.69, 9.17) is 0 Å². The molecule has 1 heterocycles. The van der Waals surface area contributed by atoms with Crippen LogP contribution in [0.1, 0.15) is 10.4 Å². The summed E-state index contributed by atoms with van der Waals surface area (Å²) in [7, 11) is 0. The Hall–Kier alpha value is -2.59. The van der Waals surface area contributed by atoms with Crippen molar-refractivity contribution in [3.8, 4) is 0 Å². The van der Waals surface area contributed by atoms with Gasteiger partial charge in [-0.05, 0) is 47.2 Å². The first-order valence-electron chi connectivity index (χ1n) is 7.81. The fourth-order valence-electron chi connectivity index (χ4n) is 3.05. The number of fused-ring (bicyclic) bond motifs is 3. The monoisotopic (exact) mass is 395 g/mol. The van der Waals surface area contributed by atoms with Crippen LogP contribution in [-0.4, -0.2) is 5.78 Å². The van der Waals surface area contributed by atoms with Gasteiger partial charge in [-0.3, -0.25) is 4.79 Å². The highest BCUT2D eigenvalue weighted by Crippen LogP contribution is 2.22. The van der Waals surface area contributed by atoms with Crippen LogP contribution in [0.15, 0.2) is 79.0 Å². The van der Waals surface area contributed by atoms with E-state index in [0.29, 0.717) is 5.56 Å². The lowest BCUT2D eigenvalue weighted by Crippen LogP contribution is -3.00. The minimum atomic E-state index is -0.337. The summed E-state index contributed by atoms with van der Waals surface area (Å²) in [5.74, 6) is -0.378. The molecule has 0 N–H and O–H groups in total. The van der Waals surface area contributed by atoms with Crippen LogP contribution in [0.25, 0.3) is 21.7 Å². The largest absolute Gasteiger partial charge is 1.00 e. The lowest BCUT2D eigenvalue weighted by atomic mass is 10.0. The van der Waals surface area contributed by atoms with Crippen molar-refractivity contribution in [2.75, 3.05) is 0 Å². The van der Waals surface area contributed by atoms with Gasteiger partial charge in [0.25, 0.3) is 0 Å². The van der Waals surface area contributed by atoms with Gasteiger partial charge in [-0.2, -0.15) is 4.57 Å². The van der Waals surface area contributed by atoms with Crippen molar-refractivity contribution in [1.82, 2.24) is 0 Å². The van der Waals surface area contributed by atoms with E-state index in [1.807, 2.05) is 35.0 Å². The Bertz CT molecular complexity index is 1060. The van der Waals surface area contributed by atoms with Gasteiger partial charge in [-0.15, -0.1) is 0 Å². The number of nitrogens with zero attached hydrogens (tertiary/aromatic N) is 1. The molecule has 0 atom stereocenters. The number of benzene rings is 3. The number of aromatic nitrogens is 1. The maximum Gasteiger partial charge on any atom is 0.227 e. The van der Waals surface area contributed by atoms with Crippen LogP contribution in [0, 0.1) is 5.82 Å². The number of halogens is 2. The van der Waals surface area contributed by atoms with Gasteiger partial charge in [0, 0.05) is 17.7 Å². The van der Waals surface area contributed by atoms with E-state index < -0.39 is 0 Å². The third kappa shape index (κ3) is 3.30. The number of hydrogen-bond donors (Lipinski definition) is 0. The molecule has 0 saturated heterocycles. The molecule has 0 saturated carbocycles. The molecule has 0 radical (unpaired) electrons. The maximum atomic E-state index is 13.0. The zero-order valence-corrected chi connectivity index (χ0v) is 14.9. The zero-order valence-electron chi connectivity index (χ0n) is 13.3. The highest BCUT2D eigenvalue weighted by molar-refractivity contribution is 6.05. The van der Waals surface area contributed by atoms with Gasteiger partial charge in [-0.25, -0.2) is 4.39 Å². The molecule has 1 aromatic heterocycles. The number of hydrogen-bond acceptors (Lipinski definition) is 1. The normalized spacial score (nSPS) is 10.6. The van der Waals surface area contributed by atoms with Crippen LogP contribution in [-0.2, 0) is 6.54 Å². The second-order valence-electron chi connectivity index (χ2n) is 5.79. The average molecular weight is 396 g/mol. The molecule has 0 fully saturated rings. The molecule has 25 heavy (non-hydrogen) atoms. The van der Waals surface area contributed by atoms with E-state index in [1.54, 1.807) is 0 Å². The summed E-state index contributed by atoms with van der Waals surface area (Å²) in [5.41, 5.74) is 1.52. The van der Waals surface area contributed by atoms with Crippen molar-refractivity contribution in [2.45, 2.75) is 6.54 Å². The summed E-state index contributed by atoms with van der Waals surface area (Å²) in [6.45, 7) is 0.224. The lowest BCUT2D eigenvalue weighted by molar-refractivity contribution is -0.657. The Morgan fingerprint density at radius 2 is 1.56 bits per heavy atom. The van der Waals surface area contributed by atoms with Crippen LogP contribution >= 0.6 is 0 Å². The molecule has 4 rings (SSSR count). The SMILES string of the molecule is O=C(C[n+]1cccc2c3ccccc3ccc21)c1ccc(F)cc1.[Br-]. The zero-order chi connectivity index (χ0) is 16.5. The van der Waals surface area contributed by atoms with E-state index in [0.717, 1.165) is 10.9 Å². The number of pyridine rings is 1. The summed E-state index contributed by atoms with van der Waals surface area (Å²) >= 11 is 0. The standard InChI is InChI=1S/C21H15FNO.BrH/c22-17-10-7-16(8-11-17)21(24)14-23-13-3-6-19-18-5-2-1-4-15(18)9-12-20(19)23;/h1-13H,14H2;1H/q+1;/p-1. The molecule has 4 aromatic rings. The van der Waals surface area contributed by atoms with Crippen molar-refractivity contribution in [3.63, 3.8) is 0 Å². The molecule has 0 aliphatic heterocycles. The van der Waals surface area contributed by atoms with Gasteiger partial charge in [-0.1, -0.05) is 24.3 Å². The molecule has 4 heteroatoms. The number of rotatable bonds is 3. The van der Waals surface area contributed by atoms with E-state index >= 15 is 0 Å². The molecule has 124 valence electrons. The fourth-order valence-corrected chi connectivity index (χ4v) is 3.05. The number of Topliss-reactive ketones (excluding diaryl/α,β-unsaturated/α-hetero) is 1. The predicted molar refractivity (Wildman–Crippen MR) is 92.4 cm³/mol. The van der Waals surface area contributed by atoms with Crippen LogP contribution in [0.4, 0.5) is 4.39 Å². The van der Waals surface area contributed by atoms with Gasteiger partial charge in [0.05, 0.1) is 5.39 Å². The third-order valence-electron chi connectivity index (χ3n) is 4.27. The van der Waals surface area contributed by atoms with E-state index in [9.17, 15) is 9.18 Å². The average Bonchev–Trinajstić information content (AvgIpc) is 2.62. The number of ketones is 1. The van der Waals surface area contributed by atoms with Crippen LogP contribution < -0.4 is 21.5 Å². The molecule has 0 aliphatic rings. The Balaban J connectivity index is 0.00000182. The summed E-state index contributed by atoms with van der Waals surface area (Å²) in [6, 6.07) is 22.0. The van der Waals surface area contributed by atoms with Crippen LogP contribution in [0.3, 0.4) is 0 Å². The topological polar surface area (TPSA) is 20.9 Å². The highest BCUT2D eigenvalue weighted by Gasteiger charge is 2.16. The summed E-state index contributed by atoms with van der Waals surface area (Å²) in [6.07, 6.45) is 1.90. The Kier molecular flexibility index (Phi) is 4.91. The fraction of sp³-hybridized carbons (Fsp3) is 0.0476. The molecule has 0 amide bonds. The second kappa shape index (κ2) is 7.11. The van der Waals surface area contributed by atoms with Gasteiger partial charge in [0.15, 0.2) is 6.20 Å². The molecule has 0 aliphatic carbocycles. The summed E-state index contributed by atoms with van der Waals surface area (Å²) < 4.78 is 15.0. The number of carbonyl (C=O) groups is 1. The molecule has 0 unspecified atom stereocenters. The Labute approximate surface area is 155 Å². The van der Waals surface area contributed by atoms with Crippen molar-refractivity contribution in [1.29, 1.82) is 0 Å². The quantitative estimate of drug-likeness (QED) is 0.291. The van der Waals surface area contributed by atoms with E-state index in [-0.39, 0.29) is 35.1 Å². The van der Waals surface area contributed by atoms with Crippen LogP contribution in [0.5, 0.6) is 0 Å². The second-order valence-corrected chi connectivity index (χ2v) is 5.79. The Morgan fingerprint density at radius 1 is 0.840 bits per heavy atom. The molecular formula is C21H15BrFNO. The predicted octanol–water partition coefficient (Wildman–Crippen LogP) is 1.31. The van der Waals surface area contributed by atoms with Gasteiger partial charge >= 0.3 is 0 Å². The first-order valence-corrected chi connectivity index (χ1v) is 7.81. The molecule has 0 spiro atoms. The molecular weight excluding hydrogens is 381 g/mol. The smallest absolute Gasteiger partial charge is 0.227 e. The minimum absolute atomic E-state index is 0. The van der Waals surface area contributed by atoms with Gasteiger partial charge < -0.3 is 17.0 Å². The van der Waals surface area contributed by atoms with Crippen molar-refractivity contribution >= 4 is 27.5 Å². The van der Waals surface area contributed by atoms with Crippen molar-refractivity contribution in [3.05, 3.63) is 90.4 Å².